The van der Waals surface area contributed by atoms with Gasteiger partial charge in [0.2, 0.25) is 11.7 Å². The highest BCUT2D eigenvalue weighted by Crippen LogP contribution is 2.29. The van der Waals surface area contributed by atoms with Crippen molar-refractivity contribution in [3.05, 3.63) is 29.6 Å². The normalized spacial score (nSPS) is 30.4. The first kappa shape index (κ1) is 16.6. The minimum Gasteiger partial charge on any atom is -0.369 e. The zero-order chi connectivity index (χ0) is 17.4. The molecule has 0 spiro atoms. The van der Waals surface area contributed by atoms with Gasteiger partial charge in [0, 0.05) is 24.7 Å². The van der Waals surface area contributed by atoms with Crippen molar-refractivity contribution in [3.63, 3.8) is 0 Å². The molecule has 2 atom stereocenters. The van der Waals surface area contributed by atoms with Gasteiger partial charge in [-0.1, -0.05) is 6.07 Å². The monoisotopic (exact) mass is 347 g/mol. The average molecular weight is 347 g/mol. The molecular weight excluding hydrogens is 321 g/mol. The summed E-state index contributed by atoms with van der Waals surface area (Å²) in [5.41, 5.74) is 18.4. The predicted octanol–water partition coefficient (Wildman–Crippen LogP) is 0.382. The third-order valence-electron chi connectivity index (χ3n) is 5.46. The Morgan fingerprint density at radius 1 is 1.20 bits per heavy atom. The summed E-state index contributed by atoms with van der Waals surface area (Å²) in [6.45, 7) is 4.12. The summed E-state index contributed by atoms with van der Waals surface area (Å²) >= 11 is 0. The number of hydrazine groups is 1. The lowest BCUT2D eigenvalue weighted by molar-refractivity contribution is 0.215. The molecule has 0 saturated carbocycles. The van der Waals surface area contributed by atoms with Crippen LogP contribution in [0.15, 0.2) is 23.2 Å². The van der Waals surface area contributed by atoms with Gasteiger partial charge in [0.05, 0.1) is 5.69 Å². The Morgan fingerprint density at radius 3 is 2.68 bits per heavy atom. The summed E-state index contributed by atoms with van der Waals surface area (Å²) in [5, 5.41) is 0. The van der Waals surface area contributed by atoms with Gasteiger partial charge in [0.1, 0.15) is 5.82 Å². The van der Waals surface area contributed by atoms with Crippen LogP contribution in [0.2, 0.25) is 0 Å². The number of hydrogen-bond acceptors (Lipinski definition) is 7. The molecule has 4 rings (SSSR count). The summed E-state index contributed by atoms with van der Waals surface area (Å²) in [5.74, 6) is -1.31. The van der Waals surface area contributed by atoms with Crippen molar-refractivity contribution in [2.24, 2.45) is 16.5 Å². The average Bonchev–Trinajstić information content (AvgIpc) is 3.25. The fraction of sp³-hybridized carbons (Fsp3) is 0.588. The predicted molar refractivity (Wildman–Crippen MR) is 96.2 cm³/mol. The Hall–Kier alpha value is -1.90. The molecule has 1 aromatic rings. The van der Waals surface area contributed by atoms with E-state index in [4.69, 9.17) is 11.5 Å². The quantitative estimate of drug-likeness (QED) is 0.632. The number of nitrogens with two attached hydrogens (primary N) is 2. The van der Waals surface area contributed by atoms with Gasteiger partial charge in [-0.3, -0.25) is 16.1 Å². The van der Waals surface area contributed by atoms with Gasteiger partial charge in [-0.05, 0) is 50.9 Å². The van der Waals surface area contributed by atoms with Crippen LogP contribution < -0.4 is 27.2 Å². The van der Waals surface area contributed by atoms with Crippen molar-refractivity contribution in [1.29, 1.82) is 0 Å². The molecule has 136 valence electrons. The molecule has 3 heterocycles. The number of aliphatic imine (C=N–C) groups is 1. The van der Waals surface area contributed by atoms with Crippen molar-refractivity contribution in [3.8, 4) is 0 Å². The molecule has 2 unspecified atom stereocenters. The van der Waals surface area contributed by atoms with E-state index in [-0.39, 0.29) is 11.8 Å². The van der Waals surface area contributed by atoms with E-state index >= 15 is 0 Å². The molecule has 7 nitrogen and oxygen atoms in total. The molecular formula is C17H26FN7. The Bertz CT molecular complexity index is 673. The maximum atomic E-state index is 14.8. The summed E-state index contributed by atoms with van der Waals surface area (Å²) in [6.07, 6.45) is 4.85. The van der Waals surface area contributed by atoms with Crippen LogP contribution in [0.3, 0.4) is 0 Å². The van der Waals surface area contributed by atoms with E-state index in [1.54, 1.807) is 6.07 Å². The third kappa shape index (κ3) is 3.17. The molecule has 6 N–H and O–H groups in total. The first-order valence-electron chi connectivity index (χ1n) is 9.01. The molecule has 0 aliphatic carbocycles. The number of nitrogens with zero attached hydrogens (tertiary/aromatic N) is 3. The molecule has 3 aliphatic heterocycles. The number of rotatable bonds is 3. The van der Waals surface area contributed by atoms with Gasteiger partial charge in [-0.2, -0.15) is 5.43 Å². The molecule has 0 bridgehead atoms. The maximum absolute atomic E-state index is 14.8. The number of nitrogens with one attached hydrogen (secondary N) is 2. The molecule has 0 radical (unpaired) electrons. The summed E-state index contributed by atoms with van der Waals surface area (Å²) in [4.78, 5) is 8.82. The summed E-state index contributed by atoms with van der Waals surface area (Å²) < 4.78 is 14.8. The number of hydrogen-bond donors (Lipinski definition) is 4. The van der Waals surface area contributed by atoms with E-state index in [2.05, 4.69) is 25.6 Å². The lowest BCUT2D eigenvalue weighted by Gasteiger charge is -2.39. The van der Waals surface area contributed by atoms with Crippen molar-refractivity contribution < 1.29 is 4.39 Å². The SMILES string of the molecule is NC1=NC(N)(c2ccc(N3CCCC(N4CCCC4)C3)c(F)c2)NN1. The Labute approximate surface area is 147 Å². The maximum Gasteiger partial charge on any atom is 0.209 e. The van der Waals surface area contributed by atoms with Crippen LogP contribution in [-0.2, 0) is 5.79 Å². The number of guanidine groups is 1. The van der Waals surface area contributed by atoms with Crippen LogP contribution in [0.5, 0.6) is 0 Å². The van der Waals surface area contributed by atoms with Crippen molar-refractivity contribution in [1.82, 2.24) is 15.8 Å². The second kappa shape index (κ2) is 6.44. The number of benzene rings is 1. The smallest absolute Gasteiger partial charge is 0.209 e. The zero-order valence-electron chi connectivity index (χ0n) is 14.3. The highest BCUT2D eigenvalue weighted by Gasteiger charge is 2.33. The highest BCUT2D eigenvalue weighted by molar-refractivity contribution is 5.79. The largest absolute Gasteiger partial charge is 0.369 e. The van der Waals surface area contributed by atoms with Crippen molar-refractivity contribution in [2.45, 2.75) is 37.5 Å². The topological polar surface area (TPSA) is 94.9 Å². The molecule has 3 aliphatic rings. The van der Waals surface area contributed by atoms with Crippen molar-refractivity contribution in [2.75, 3.05) is 31.1 Å². The first-order chi connectivity index (χ1) is 12.0. The lowest BCUT2D eigenvalue weighted by atomic mass is 10.0. The first-order valence-corrected chi connectivity index (χ1v) is 9.01. The molecule has 0 amide bonds. The molecule has 25 heavy (non-hydrogen) atoms. The minimum atomic E-state index is -1.23. The van der Waals surface area contributed by atoms with E-state index < -0.39 is 5.79 Å². The Kier molecular flexibility index (Phi) is 4.26. The van der Waals surface area contributed by atoms with Crippen LogP contribution in [-0.4, -0.2) is 43.1 Å². The molecule has 0 aromatic heterocycles. The number of piperidine rings is 1. The third-order valence-corrected chi connectivity index (χ3v) is 5.46. The second-order valence-electron chi connectivity index (χ2n) is 7.16. The fourth-order valence-electron chi connectivity index (χ4n) is 4.12. The van der Waals surface area contributed by atoms with E-state index in [1.807, 2.05) is 6.07 Å². The molecule has 2 saturated heterocycles. The molecule has 8 heteroatoms. The highest BCUT2D eigenvalue weighted by atomic mass is 19.1. The summed E-state index contributed by atoms with van der Waals surface area (Å²) in [6, 6.07) is 5.60. The Balaban J connectivity index is 1.52. The van der Waals surface area contributed by atoms with E-state index in [0.29, 0.717) is 17.3 Å². The fourth-order valence-corrected chi connectivity index (χ4v) is 4.12. The van der Waals surface area contributed by atoms with Crippen LogP contribution in [0.1, 0.15) is 31.2 Å². The van der Waals surface area contributed by atoms with Gasteiger partial charge in [0.25, 0.3) is 0 Å². The van der Waals surface area contributed by atoms with Crippen molar-refractivity contribution >= 4 is 11.6 Å². The van der Waals surface area contributed by atoms with Gasteiger partial charge >= 0.3 is 0 Å². The summed E-state index contributed by atoms with van der Waals surface area (Å²) in [7, 11) is 0. The lowest BCUT2D eigenvalue weighted by Crippen LogP contribution is -2.50. The Morgan fingerprint density at radius 2 is 2.00 bits per heavy atom. The van der Waals surface area contributed by atoms with Crippen LogP contribution in [0.25, 0.3) is 0 Å². The standard InChI is InChI=1S/C17H26FN7/c18-14-10-12(17(20)21-16(19)22-23-17)5-6-15(14)25-9-3-4-13(11-25)24-7-1-2-8-24/h5-6,10,13,23H,1-4,7-9,11,20H2,(H3,19,21,22). The van der Waals surface area contributed by atoms with E-state index in [0.717, 1.165) is 19.5 Å². The van der Waals surface area contributed by atoms with Crippen LogP contribution >= 0.6 is 0 Å². The van der Waals surface area contributed by atoms with Gasteiger partial charge in [-0.25, -0.2) is 9.38 Å². The van der Waals surface area contributed by atoms with E-state index in [9.17, 15) is 4.39 Å². The minimum absolute atomic E-state index is 0.191. The van der Waals surface area contributed by atoms with Gasteiger partial charge in [-0.15, -0.1) is 0 Å². The number of anilines is 1. The zero-order valence-corrected chi connectivity index (χ0v) is 14.3. The second-order valence-corrected chi connectivity index (χ2v) is 7.16. The van der Waals surface area contributed by atoms with Gasteiger partial charge in [0.15, 0.2) is 0 Å². The van der Waals surface area contributed by atoms with E-state index in [1.165, 1.54) is 38.4 Å². The van der Waals surface area contributed by atoms with Gasteiger partial charge < -0.3 is 10.6 Å². The van der Waals surface area contributed by atoms with Crippen LogP contribution in [0, 0.1) is 5.82 Å². The number of likely N-dealkylation sites (tertiary alicyclic amines) is 1. The van der Waals surface area contributed by atoms with Crippen LogP contribution in [0.4, 0.5) is 10.1 Å². The number of halogens is 1. The molecule has 2 fully saturated rings. The molecule has 1 aromatic carbocycles.